The van der Waals surface area contributed by atoms with Crippen molar-refractivity contribution in [1.29, 1.82) is 0 Å². The SMILES string of the molecule is O=c1n(CCSc2n[nH]c(-c3cccnc3)n2)nc2ccccn12. The fourth-order valence-electron chi connectivity index (χ4n) is 2.28. The number of hydrogen-bond donors (Lipinski definition) is 1. The predicted molar refractivity (Wildman–Crippen MR) is 89.8 cm³/mol. The number of hydrogen-bond acceptors (Lipinski definition) is 6. The van der Waals surface area contributed by atoms with Crippen molar-refractivity contribution in [2.75, 3.05) is 5.75 Å². The molecule has 120 valence electrons. The Balaban J connectivity index is 1.43. The van der Waals surface area contributed by atoms with Crippen molar-refractivity contribution in [2.24, 2.45) is 0 Å². The van der Waals surface area contributed by atoms with Crippen LogP contribution in [-0.4, -0.2) is 40.1 Å². The molecule has 0 aliphatic carbocycles. The Morgan fingerprint density at radius 1 is 1.21 bits per heavy atom. The lowest BCUT2D eigenvalue weighted by molar-refractivity contribution is 0.639. The third-order valence-electron chi connectivity index (χ3n) is 3.42. The van der Waals surface area contributed by atoms with Crippen molar-refractivity contribution in [2.45, 2.75) is 11.7 Å². The Kier molecular flexibility index (Phi) is 3.83. The number of pyridine rings is 2. The van der Waals surface area contributed by atoms with Crippen LogP contribution in [0.15, 0.2) is 58.9 Å². The average Bonchev–Trinajstić information content (AvgIpc) is 3.22. The largest absolute Gasteiger partial charge is 0.350 e. The first kappa shape index (κ1) is 14.6. The van der Waals surface area contributed by atoms with Gasteiger partial charge in [-0.1, -0.05) is 17.8 Å². The summed E-state index contributed by atoms with van der Waals surface area (Å²) in [4.78, 5) is 20.6. The van der Waals surface area contributed by atoms with Crippen molar-refractivity contribution in [3.8, 4) is 11.4 Å². The highest BCUT2D eigenvalue weighted by molar-refractivity contribution is 7.99. The maximum Gasteiger partial charge on any atom is 0.350 e. The van der Waals surface area contributed by atoms with Gasteiger partial charge >= 0.3 is 5.69 Å². The number of H-pyrrole nitrogens is 1. The second-order valence-electron chi connectivity index (χ2n) is 4.99. The van der Waals surface area contributed by atoms with Gasteiger partial charge in [-0.15, -0.1) is 10.2 Å². The molecular formula is C15H13N7OS. The molecule has 0 spiro atoms. The van der Waals surface area contributed by atoms with Crippen LogP contribution < -0.4 is 5.69 Å². The molecule has 0 radical (unpaired) electrons. The summed E-state index contributed by atoms with van der Waals surface area (Å²) < 4.78 is 2.98. The second kappa shape index (κ2) is 6.28. The number of rotatable bonds is 5. The van der Waals surface area contributed by atoms with E-state index in [4.69, 9.17) is 0 Å². The van der Waals surface area contributed by atoms with Gasteiger partial charge in [0, 0.05) is 29.9 Å². The van der Waals surface area contributed by atoms with Gasteiger partial charge < -0.3 is 0 Å². The number of aromatic amines is 1. The van der Waals surface area contributed by atoms with Crippen LogP contribution in [0.25, 0.3) is 17.0 Å². The highest BCUT2D eigenvalue weighted by Gasteiger charge is 2.08. The molecule has 0 atom stereocenters. The van der Waals surface area contributed by atoms with Crippen molar-refractivity contribution in [3.63, 3.8) is 0 Å². The summed E-state index contributed by atoms with van der Waals surface area (Å²) >= 11 is 1.47. The number of nitrogens with zero attached hydrogens (tertiary/aromatic N) is 6. The number of fused-ring (bicyclic) bond motifs is 1. The highest BCUT2D eigenvalue weighted by Crippen LogP contribution is 2.18. The number of thioether (sulfide) groups is 1. The molecule has 4 rings (SSSR count). The van der Waals surface area contributed by atoms with Crippen LogP contribution in [0.4, 0.5) is 0 Å². The molecule has 0 saturated heterocycles. The molecule has 4 aromatic rings. The highest BCUT2D eigenvalue weighted by atomic mass is 32.2. The minimum atomic E-state index is -0.141. The summed E-state index contributed by atoms with van der Waals surface area (Å²) in [5.74, 6) is 1.32. The van der Waals surface area contributed by atoms with E-state index < -0.39 is 0 Å². The van der Waals surface area contributed by atoms with Crippen LogP contribution in [0, 0.1) is 0 Å². The lowest BCUT2D eigenvalue weighted by atomic mass is 10.3. The molecule has 0 aromatic carbocycles. The summed E-state index contributed by atoms with van der Waals surface area (Å²) in [5, 5.41) is 12.0. The Labute approximate surface area is 140 Å². The third kappa shape index (κ3) is 2.81. The summed E-state index contributed by atoms with van der Waals surface area (Å²) in [6, 6.07) is 9.23. The zero-order valence-electron chi connectivity index (χ0n) is 12.5. The van der Waals surface area contributed by atoms with Gasteiger partial charge in [0.15, 0.2) is 11.5 Å². The Morgan fingerprint density at radius 3 is 3.00 bits per heavy atom. The molecule has 24 heavy (non-hydrogen) atoms. The molecule has 4 heterocycles. The van der Waals surface area contributed by atoms with Gasteiger partial charge in [0.1, 0.15) is 0 Å². The molecule has 0 bridgehead atoms. The predicted octanol–water partition coefficient (Wildman–Crippen LogP) is 1.47. The molecular weight excluding hydrogens is 326 g/mol. The Bertz CT molecular complexity index is 1020. The Morgan fingerprint density at radius 2 is 2.17 bits per heavy atom. The standard InChI is InChI=1S/C15H13N7OS/c23-15-21-7-2-1-5-12(21)20-22(15)8-9-24-14-17-13(18-19-14)11-4-3-6-16-10-11/h1-7,10H,8-9H2,(H,17,18,19). The first-order valence-electron chi connectivity index (χ1n) is 7.31. The van der Waals surface area contributed by atoms with Gasteiger partial charge in [0.05, 0.1) is 6.54 Å². The normalized spacial score (nSPS) is 11.2. The van der Waals surface area contributed by atoms with Crippen molar-refractivity contribution >= 4 is 17.4 Å². The van der Waals surface area contributed by atoms with Crippen molar-refractivity contribution < 1.29 is 0 Å². The minimum Gasteiger partial charge on any atom is -0.264 e. The van der Waals surface area contributed by atoms with Crippen LogP contribution in [0.1, 0.15) is 0 Å². The van der Waals surface area contributed by atoms with E-state index in [1.54, 1.807) is 24.7 Å². The fraction of sp³-hybridized carbons (Fsp3) is 0.133. The van der Waals surface area contributed by atoms with E-state index in [-0.39, 0.29) is 5.69 Å². The minimum absolute atomic E-state index is 0.141. The van der Waals surface area contributed by atoms with E-state index in [1.807, 2.05) is 24.3 Å². The van der Waals surface area contributed by atoms with Crippen molar-refractivity contribution in [3.05, 3.63) is 59.4 Å². The van der Waals surface area contributed by atoms with Gasteiger partial charge in [-0.05, 0) is 24.3 Å². The molecule has 0 unspecified atom stereocenters. The molecule has 0 aliphatic rings. The van der Waals surface area contributed by atoms with Gasteiger partial charge in [-0.2, -0.15) is 0 Å². The van der Waals surface area contributed by atoms with E-state index in [0.29, 0.717) is 28.9 Å². The number of nitrogens with one attached hydrogen (secondary N) is 1. The van der Waals surface area contributed by atoms with Gasteiger partial charge in [-0.3, -0.25) is 14.5 Å². The molecule has 0 amide bonds. The third-order valence-corrected chi connectivity index (χ3v) is 4.25. The molecule has 4 aromatic heterocycles. The fourth-order valence-corrected chi connectivity index (χ4v) is 2.99. The molecule has 0 fully saturated rings. The van der Waals surface area contributed by atoms with E-state index in [2.05, 4.69) is 25.3 Å². The van der Waals surface area contributed by atoms with E-state index in [9.17, 15) is 4.79 Å². The van der Waals surface area contributed by atoms with Gasteiger partial charge in [0.2, 0.25) is 5.16 Å². The lowest BCUT2D eigenvalue weighted by Crippen LogP contribution is -2.21. The first-order chi connectivity index (χ1) is 11.8. The maximum atomic E-state index is 12.2. The van der Waals surface area contributed by atoms with Gasteiger partial charge in [-0.25, -0.2) is 14.5 Å². The smallest absolute Gasteiger partial charge is 0.264 e. The molecule has 0 saturated carbocycles. The van der Waals surface area contributed by atoms with E-state index >= 15 is 0 Å². The number of aryl methyl sites for hydroxylation is 1. The first-order valence-corrected chi connectivity index (χ1v) is 8.29. The van der Waals surface area contributed by atoms with Crippen LogP contribution in [0.2, 0.25) is 0 Å². The molecule has 8 nitrogen and oxygen atoms in total. The zero-order chi connectivity index (χ0) is 16.4. The lowest BCUT2D eigenvalue weighted by Gasteiger charge is -1.96. The summed E-state index contributed by atoms with van der Waals surface area (Å²) in [6.45, 7) is 0.488. The van der Waals surface area contributed by atoms with Crippen LogP contribution in [0.3, 0.4) is 0 Å². The average molecular weight is 339 g/mol. The molecule has 9 heteroatoms. The Hall–Kier alpha value is -2.94. The second-order valence-corrected chi connectivity index (χ2v) is 6.05. The summed E-state index contributed by atoms with van der Waals surface area (Å²) in [5.41, 5.74) is 1.38. The van der Waals surface area contributed by atoms with Crippen LogP contribution in [0.5, 0.6) is 0 Å². The maximum absolute atomic E-state index is 12.2. The van der Waals surface area contributed by atoms with Crippen LogP contribution >= 0.6 is 11.8 Å². The molecule has 1 N–H and O–H groups in total. The quantitative estimate of drug-likeness (QED) is 0.553. The molecule has 0 aliphatic heterocycles. The summed E-state index contributed by atoms with van der Waals surface area (Å²) in [6.07, 6.45) is 5.15. The number of aromatic nitrogens is 7. The van der Waals surface area contributed by atoms with E-state index in [1.165, 1.54) is 20.8 Å². The monoisotopic (exact) mass is 339 g/mol. The van der Waals surface area contributed by atoms with E-state index in [0.717, 1.165) is 5.56 Å². The summed E-state index contributed by atoms with van der Waals surface area (Å²) in [7, 11) is 0. The van der Waals surface area contributed by atoms with Crippen molar-refractivity contribution in [1.82, 2.24) is 34.3 Å². The van der Waals surface area contributed by atoms with Crippen LogP contribution in [-0.2, 0) is 6.54 Å². The topological polar surface area (TPSA) is 93.8 Å². The van der Waals surface area contributed by atoms with Gasteiger partial charge in [0.25, 0.3) is 0 Å². The zero-order valence-corrected chi connectivity index (χ0v) is 13.3.